The molecule has 2 aliphatic rings. The Balaban J connectivity index is 1.95. The molecule has 1 aliphatic heterocycles. The highest BCUT2D eigenvalue weighted by Gasteiger charge is 2.43. The van der Waals surface area contributed by atoms with Gasteiger partial charge in [0.25, 0.3) is 0 Å². The molecule has 1 aliphatic carbocycles. The monoisotopic (exact) mass is 282 g/mol. The van der Waals surface area contributed by atoms with Crippen LogP contribution in [0.5, 0.6) is 0 Å². The molecule has 0 nitrogen and oxygen atoms in total. The Morgan fingerprint density at radius 1 is 1.32 bits per heavy atom. The van der Waals surface area contributed by atoms with Crippen molar-refractivity contribution in [3.8, 4) is 0 Å². The van der Waals surface area contributed by atoms with E-state index in [1.165, 1.54) is 57.8 Å². The van der Waals surface area contributed by atoms with Gasteiger partial charge in [-0.25, -0.2) is 0 Å². The summed E-state index contributed by atoms with van der Waals surface area (Å²) in [7, 11) is 0.679. The van der Waals surface area contributed by atoms with Crippen molar-refractivity contribution in [2.45, 2.75) is 96.0 Å². The average Bonchev–Trinajstić information content (AvgIpc) is 3.16. The zero-order valence-electron chi connectivity index (χ0n) is 13.6. The van der Waals surface area contributed by atoms with Gasteiger partial charge >= 0.3 is 0 Å². The molecule has 2 rings (SSSR count). The second-order valence-electron chi connectivity index (χ2n) is 7.15. The molecule has 0 N–H and O–H groups in total. The van der Waals surface area contributed by atoms with E-state index in [2.05, 4.69) is 33.1 Å². The Hall–Kier alpha value is 0.220. The van der Waals surface area contributed by atoms with E-state index in [0.29, 0.717) is 15.9 Å². The van der Waals surface area contributed by atoms with E-state index in [0.717, 1.165) is 16.4 Å². The third kappa shape index (κ3) is 3.65. The lowest BCUT2D eigenvalue weighted by Crippen LogP contribution is -2.35. The van der Waals surface area contributed by atoms with E-state index in [1.807, 2.05) is 0 Å². The van der Waals surface area contributed by atoms with Crippen molar-refractivity contribution in [3.05, 3.63) is 0 Å². The van der Waals surface area contributed by atoms with E-state index in [1.54, 1.807) is 0 Å². The largest absolute Gasteiger partial charge is 0.178 e. The SMILES string of the molecule is CCCCC1C=S1C(CC)[C@@]1(C)CCCC(CC)C1. The molecule has 0 radical (unpaired) electrons. The molecular formula is C18H34S. The molecule has 0 aromatic carbocycles. The molecule has 1 fully saturated rings. The Morgan fingerprint density at radius 3 is 2.74 bits per heavy atom. The fourth-order valence-corrected chi connectivity index (χ4v) is 7.29. The summed E-state index contributed by atoms with van der Waals surface area (Å²) in [6, 6.07) is 0. The van der Waals surface area contributed by atoms with Gasteiger partial charge in [0.05, 0.1) is 0 Å². The Bertz CT molecular complexity index is 320. The lowest BCUT2D eigenvalue weighted by molar-refractivity contribution is 0.149. The summed E-state index contributed by atoms with van der Waals surface area (Å²) in [6.07, 6.45) is 13.1. The predicted octanol–water partition coefficient (Wildman–Crippen LogP) is 6.02. The zero-order valence-corrected chi connectivity index (χ0v) is 14.4. The van der Waals surface area contributed by atoms with Crippen LogP contribution in [0.3, 0.4) is 0 Å². The zero-order chi connectivity index (χ0) is 13.9. The fourth-order valence-electron chi connectivity index (χ4n) is 4.37. The first kappa shape index (κ1) is 15.6. The molecule has 0 saturated heterocycles. The third-order valence-corrected chi connectivity index (χ3v) is 8.55. The molecule has 5 atom stereocenters. The van der Waals surface area contributed by atoms with Crippen LogP contribution in [-0.2, 0) is 0 Å². The molecule has 112 valence electrons. The minimum Gasteiger partial charge on any atom is -0.178 e. The van der Waals surface area contributed by atoms with Crippen LogP contribution in [0.2, 0.25) is 0 Å². The number of unbranched alkanes of at least 4 members (excludes halogenated alkanes) is 1. The van der Waals surface area contributed by atoms with Crippen LogP contribution in [-0.4, -0.2) is 15.9 Å². The lowest BCUT2D eigenvalue weighted by Gasteiger charge is -2.43. The number of hydrogen-bond donors (Lipinski definition) is 0. The molecule has 1 saturated carbocycles. The summed E-state index contributed by atoms with van der Waals surface area (Å²) >= 11 is 0. The molecular weight excluding hydrogens is 248 g/mol. The van der Waals surface area contributed by atoms with Gasteiger partial charge in [0.15, 0.2) is 0 Å². The van der Waals surface area contributed by atoms with Crippen molar-refractivity contribution >= 4 is 15.9 Å². The van der Waals surface area contributed by atoms with Crippen molar-refractivity contribution in [3.63, 3.8) is 0 Å². The van der Waals surface area contributed by atoms with Gasteiger partial charge in [-0.2, -0.15) is 10.5 Å². The van der Waals surface area contributed by atoms with Crippen LogP contribution in [0.15, 0.2) is 0 Å². The van der Waals surface area contributed by atoms with Crippen LogP contribution in [0.1, 0.15) is 85.5 Å². The summed E-state index contributed by atoms with van der Waals surface area (Å²) in [6.45, 7) is 9.79. The quantitative estimate of drug-likeness (QED) is 0.501. The van der Waals surface area contributed by atoms with Crippen molar-refractivity contribution in [1.29, 1.82) is 0 Å². The number of rotatable bonds is 7. The summed E-state index contributed by atoms with van der Waals surface area (Å²) in [4.78, 5) is 0. The summed E-state index contributed by atoms with van der Waals surface area (Å²) in [5, 5.41) is 4.72. The summed E-state index contributed by atoms with van der Waals surface area (Å²) in [5.74, 6) is 1.02. The van der Waals surface area contributed by atoms with Crippen molar-refractivity contribution < 1.29 is 0 Å². The maximum Gasteiger partial charge on any atom is 0.0231 e. The van der Waals surface area contributed by atoms with E-state index in [-0.39, 0.29) is 0 Å². The molecule has 19 heavy (non-hydrogen) atoms. The first-order valence-electron chi connectivity index (χ1n) is 8.70. The average molecular weight is 283 g/mol. The van der Waals surface area contributed by atoms with E-state index in [4.69, 9.17) is 0 Å². The molecule has 1 heterocycles. The number of hydrogen-bond acceptors (Lipinski definition) is 0. The molecule has 0 amide bonds. The molecule has 0 aromatic rings. The van der Waals surface area contributed by atoms with Crippen molar-refractivity contribution in [1.82, 2.24) is 0 Å². The molecule has 0 bridgehead atoms. The van der Waals surface area contributed by atoms with Crippen LogP contribution in [0.4, 0.5) is 0 Å². The predicted molar refractivity (Wildman–Crippen MR) is 91.4 cm³/mol. The topological polar surface area (TPSA) is 0 Å². The molecule has 1 heteroatoms. The normalized spacial score (nSPS) is 39.7. The lowest BCUT2D eigenvalue weighted by atomic mass is 9.68. The van der Waals surface area contributed by atoms with Gasteiger partial charge in [0.2, 0.25) is 0 Å². The Labute approximate surface area is 123 Å². The maximum absolute atomic E-state index is 2.71. The first-order chi connectivity index (χ1) is 9.14. The van der Waals surface area contributed by atoms with Crippen LogP contribution in [0, 0.1) is 11.3 Å². The van der Waals surface area contributed by atoms with Gasteiger partial charge in [-0.15, -0.1) is 0 Å². The smallest absolute Gasteiger partial charge is 0.0231 e. The first-order valence-corrected chi connectivity index (χ1v) is 10.1. The van der Waals surface area contributed by atoms with Gasteiger partial charge in [0.1, 0.15) is 0 Å². The van der Waals surface area contributed by atoms with Crippen LogP contribution < -0.4 is 0 Å². The molecule has 0 spiro atoms. The highest BCUT2D eigenvalue weighted by molar-refractivity contribution is 8.24. The van der Waals surface area contributed by atoms with E-state index in [9.17, 15) is 0 Å². The van der Waals surface area contributed by atoms with Gasteiger partial charge in [-0.1, -0.05) is 59.8 Å². The Kier molecular flexibility index (Phi) is 5.57. The van der Waals surface area contributed by atoms with Crippen molar-refractivity contribution in [2.24, 2.45) is 11.3 Å². The Morgan fingerprint density at radius 2 is 2.11 bits per heavy atom. The highest BCUT2D eigenvalue weighted by atomic mass is 32.2. The fraction of sp³-hybridized carbons (Fsp3) is 0.944. The minimum absolute atomic E-state index is 0.661. The molecule has 0 aromatic heterocycles. The van der Waals surface area contributed by atoms with Gasteiger partial charge in [0, 0.05) is 10.5 Å². The summed E-state index contributed by atoms with van der Waals surface area (Å²) < 4.78 is 0. The molecule has 4 unspecified atom stereocenters. The van der Waals surface area contributed by atoms with Crippen LogP contribution in [0.25, 0.3) is 0 Å². The van der Waals surface area contributed by atoms with E-state index >= 15 is 0 Å². The van der Waals surface area contributed by atoms with E-state index < -0.39 is 0 Å². The minimum atomic E-state index is 0.661. The maximum atomic E-state index is 2.71. The second kappa shape index (κ2) is 6.78. The summed E-state index contributed by atoms with van der Waals surface area (Å²) in [5.41, 5.74) is 0.661. The van der Waals surface area contributed by atoms with Crippen molar-refractivity contribution in [2.75, 3.05) is 0 Å². The van der Waals surface area contributed by atoms with Gasteiger partial charge in [-0.3, -0.25) is 0 Å². The van der Waals surface area contributed by atoms with Gasteiger partial charge in [-0.05, 0) is 42.4 Å². The van der Waals surface area contributed by atoms with Crippen LogP contribution >= 0.6 is 10.5 Å². The standard InChI is InChI=1S/C18H34S/c1-5-8-11-16-14-19(16)17(7-3)18(4)12-9-10-15(6-2)13-18/h14-17H,5-13H2,1-4H3/t15?,16?,17?,18-,19?/m0/s1. The third-order valence-electron chi connectivity index (χ3n) is 5.59. The van der Waals surface area contributed by atoms with Gasteiger partial charge < -0.3 is 0 Å². The second-order valence-corrected chi connectivity index (χ2v) is 9.41. The highest BCUT2D eigenvalue weighted by Crippen LogP contribution is 2.55.